The highest BCUT2D eigenvalue weighted by atomic mass is 32.1. The van der Waals surface area contributed by atoms with Crippen LogP contribution in [0.3, 0.4) is 0 Å². The molecule has 0 bridgehead atoms. The molecular formula is C8H8N4S. The number of hydrogen-bond donors (Lipinski definition) is 1. The molecule has 0 radical (unpaired) electrons. The highest BCUT2D eigenvalue weighted by molar-refractivity contribution is 7.15. The van der Waals surface area contributed by atoms with Gasteiger partial charge in [0.05, 0.1) is 0 Å². The number of aromatic nitrogens is 3. The van der Waals surface area contributed by atoms with Crippen LogP contribution in [0.5, 0.6) is 0 Å². The molecule has 0 aromatic carbocycles. The second-order valence-electron chi connectivity index (χ2n) is 2.59. The molecule has 0 aliphatic heterocycles. The van der Waals surface area contributed by atoms with E-state index in [1.807, 2.05) is 0 Å². The summed E-state index contributed by atoms with van der Waals surface area (Å²) >= 11 is 1.49. The minimum atomic E-state index is 0.604. The number of nitrogens with zero attached hydrogens (tertiary/aromatic N) is 3. The van der Waals surface area contributed by atoms with Crippen LogP contribution in [0.2, 0.25) is 0 Å². The lowest BCUT2D eigenvalue weighted by Crippen LogP contribution is -1.86. The molecule has 0 unspecified atom stereocenters. The highest BCUT2D eigenvalue weighted by Gasteiger charge is 2.00. The van der Waals surface area contributed by atoms with Gasteiger partial charge in [-0.2, -0.15) is 0 Å². The van der Waals surface area contributed by atoms with Crippen molar-refractivity contribution >= 4 is 16.5 Å². The van der Waals surface area contributed by atoms with E-state index in [0.717, 1.165) is 16.9 Å². The van der Waals surface area contributed by atoms with Crippen molar-refractivity contribution in [2.45, 2.75) is 6.42 Å². The van der Waals surface area contributed by atoms with Crippen LogP contribution in [0.15, 0.2) is 24.9 Å². The Hall–Kier alpha value is -1.49. The monoisotopic (exact) mass is 192 g/mol. The van der Waals surface area contributed by atoms with E-state index in [0.29, 0.717) is 5.13 Å². The smallest absolute Gasteiger partial charge is 0.180 e. The molecule has 0 fully saturated rings. The van der Waals surface area contributed by atoms with Gasteiger partial charge < -0.3 is 5.73 Å². The van der Waals surface area contributed by atoms with Crippen molar-refractivity contribution in [1.29, 1.82) is 0 Å². The van der Waals surface area contributed by atoms with Gasteiger partial charge in [0, 0.05) is 29.9 Å². The highest BCUT2D eigenvalue weighted by Crippen LogP contribution is 2.17. The van der Waals surface area contributed by atoms with E-state index in [9.17, 15) is 0 Å². The van der Waals surface area contributed by atoms with Crippen LogP contribution in [-0.4, -0.2) is 15.0 Å². The molecule has 0 aliphatic rings. The third-order valence-corrected chi connectivity index (χ3v) is 2.39. The Kier molecular flexibility index (Phi) is 2.18. The number of nitrogen functional groups attached to an aromatic ring is 1. The standard InChI is InChI=1S/C8H8N4S/c9-8-12-4-7(13-8)1-6-2-10-5-11-3-6/h2-5H,1H2,(H2,9,12). The molecule has 0 spiro atoms. The maximum Gasteiger partial charge on any atom is 0.180 e. The van der Waals surface area contributed by atoms with E-state index in [1.54, 1.807) is 18.6 Å². The van der Waals surface area contributed by atoms with Gasteiger partial charge in [-0.05, 0) is 5.56 Å². The molecule has 4 nitrogen and oxygen atoms in total. The second kappa shape index (κ2) is 3.49. The SMILES string of the molecule is Nc1ncc(Cc2cncnc2)s1. The molecule has 0 atom stereocenters. The van der Waals surface area contributed by atoms with Crippen molar-refractivity contribution < 1.29 is 0 Å². The van der Waals surface area contributed by atoms with Gasteiger partial charge in [-0.1, -0.05) is 0 Å². The summed E-state index contributed by atoms with van der Waals surface area (Å²) in [4.78, 5) is 13.0. The molecular weight excluding hydrogens is 184 g/mol. The largest absolute Gasteiger partial charge is 0.375 e. The average Bonchev–Trinajstić information content (AvgIpc) is 2.53. The third kappa shape index (κ3) is 2.00. The second-order valence-corrected chi connectivity index (χ2v) is 3.74. The Balaban J connectivity index is 2.15. The Morgan fingerprint density at radius 2 is 2.00 bits per heavy atom. The molecule has 2 aromatic rings. The fraction of sp³-hybridized carbons (Fsp3) is 0.125. The summed E-state index contributed by atoms with van der Waals surface area (Å²) in [6.07, 6.45) is 7.69. The zero-order valence-electron chi connectivity index (χ0n) is 6.84. The molecule has 2 aromatic heterocycles. The van der Waals surface area contributed by atoms with Crippen LogP contribution < -0.4 is 5.73 Å². The van der Waals surface area contributed by atoms with Crippen molar-refractivity contribution in [3.63, 3.8) is 0 Å². The Morgan fingerprint density at radius 1 is 1.23 bits per heavy atom. The summed E-state index contributed by atoms with van der Waals surface area (Å²) in [5.41, 5.74) is 6.58. The maximum atomic E-state index is 5.51. The molecule has 0 saturated heterocycles. The zero-order valence-corrected chi connectivity index (χ0v) is 7.66. The van der Waals surface area contributed by atoms with Crippen LogP contribution in [-0.2, 0) is 6.42 Å². The molecule has 2 rings (SSSR count). The van der Waals surface area contributed by atoms with Crippen molar-refractivity contribution in [2.24, 2.45) is 0 Å². The number of rotatable bonds is 2. The summed E-state index contributed by atoms with van der Waals surface area (Å²) < 4.78 is 0. The summed E-state index contributed by atoms with van der Waals surface area (Å²) in [7, 11) is 0. The van der Waals surface area contributed by atoms with Crippen LogP contribution in [0.4, 0.5) is 5.13 Å². The van der Waals surface area contributed by atoms with Gasteiger partial charge in [-0.25, -0.2) is 15.0 Å². The third-order valence-electron chi connectivity index (χ3n) is 1.56. The lowest BCUT2D eigenvalue weighted by atomic mass is 10.2. The number of thiazole rings is 1. The van der Waals surface area contributed by atoms with Gasteiger partial charge in [0.1, 0.15) is 6.33 Å². The molecule has 5 heteroatoms. The van der Waals surface area contributed by atoms with E-state index < -0.39 is 0 Å². The van der Waals surface area contributed by atoms with E-state index in [1.165, 1.54) is 17.7 Å². The molecule has 0 saturated carbocycles. The minimum absolute atomic E-state index is 0.604. The van der Waals surface area contributed by atoms with Gasteiger partial charge in [0.25, 0.3) is 0 Å². The zero-order chi connectivity index (χ0) is 9.10. The molecule has 0 aliphatic carbocycles. The first kappa shape index (κ1) is 8.12. The van der Waals surface area contributed by atoms with E-state index in [4.69, 9.17) is 5.73 Å². The Bertz CT molecular complexity index is 384. The van der Waals surface area contributed by atoms with E-state index in [2.05, 4.69) is 15.0 Å². The predicted molar refractivity (Wildman–Crippen MR) is 51.4 cm³/mol. The van der Waals surface area contributed by atoms with Crippen molar-refractivity contribution in [2.75, 3.05) is 5.73 Å². The number of anilines is 1. The quantitative estimate of drug-likeness (QED) is 0.774. The van der Waals surface area contributed by atoms with Gasteiger partial charge in [-0.15, -0.1) is 11.3 Å². The fourth-order valence-electron chi connectivity index (χ4n) is 1.03. The Morgan fingerprint density at radius 3 is 2.62 bits per heavy atom. The van der Waals surface area contributed by atoms with Crippen molar-refractivity contribution in [3.8, 4) is 0 Å². The normalized spacial score (nSPS) is 10.2. The van der Waals surface area contributed by atoms with Crippen molar-refractivity contribution in [3.05, 3.63) is 35.4 Å². The van der Waals surface area contributed by atoms with Gasteiger partial charge in [0.15, 0.2) is 5.13 Å². The van der Waals surface area contributed by atoms with Crippen LogP contribution in [0.1, 0.15) is 10.4 Å². The van der Waals surface area contributed by atoms with E-state index in [-0.39, 0.29) is 0 Å². The van der Waals surface area contributed by atoms with Crippen LogP contribution >= 0.6 is 11.3 Å². The van der Waals surface area contributed by atoms with E-state index >= 15 is 0 Å². The maximum absolute atomic E-state index is 5.51. The molecule has 2 heterocycles. The summed E-state index contributed by atoms with van der Waals surface area (Å²) in [5, 5.41) is 0.604. The fourth-order valence-corrected chi connectivity index (χ4v) is 1.75. The molecule has 66 valence electrons. The topological polar surface area (TPSA) is 64.7 Å². The van der Waals surface area contributed by atoms with Gasteiger partial charge in [-0.3, -0.25) is 0 Å². The summed E-state index contributed by atoms with van der Waals surface area (Å²) in [5.74, 6) is 0. The van der Waals surface area contributed by atoms with Gasteiger partial charge >= 0.3 is 0 Å². The predicted octanol–water partition coefficient (Wildman–Crippen LogP) is 1.11. The summed E-state index contributed by atoms with van der Waals surface area (Å²) in [6, 6.07) is 0. The minimum Gasteiger partial charge on any atom is -0.375 e. The van der Waals surface area contributed by atoms with Crippen LogP contribution in [0.25, 0.3) is 0 Å². The summed E-state index contributed by atoms with van der Waals surface area (Å²) in [6.45, 7) is 0. The number of nitrogens with two attached hydrogens (primary N) is 1. The van der Waals surface area contributed by atoms with Crippen molar-refractivity contribution in [1.82, 2.24) is 15.0 Å². The van der Waals surface area contributed by atoms with Gasteiger partial charge in [0.2, 0.25) is 0 Å². The first-order valence-corrected chi connectivity index (χ1v) is 4.60. The lowest BCUT2D eigenvalue weighted by Gasteiger charge is -1.94. The van der Waals surface area contributed by atoms with Crippen LogP contribution in [0, 0.1) is 0 Å². The molecule has 13 heavy (non-hydrogen) atoms. The average molecular weight is 192 g/mol. The first-order valence-electron chi connectivity index (χ1n) is 3.78. The Labute approximate surface area is 79.5 Å². The lowest BCUT2D eigenvalue weighted by molar-refractivity contribution is 1.08. The molecule has 0 amide bonds. The first-order chi connectivity index (χ1) is 6.34. The number of hydrogen-bond acceptors (Lipinski definition) is 5. The molecule has 2 N–H and O–H groups in total.